The summed E-state index contributed by atoms with van der Waals surface area (Å²) in [6, 6.07) is 15.7. The molecule has 3 aromatic rings. The fourth-order valence-electron chi connectivity index (χ4n) is 4.36. The van der Waals surface area contributed by atoms with Crippen molar-refractivity contribution in [3.8, 4) is 5.69 Å². The maximum Gasteiger partial charge on any atom is 0.123 e. The quantitative estimate of drug-likeness (QED) is 0.515. The van der Waals surface area contributed by atoms with Crippen molar-refractivity contribution >= 4 is 0 Å². The van der Waals surface area contributed by atoms with E-state index in [1.807, 2.05) is 12.1 Å². The maximum atomic E-state index is 13.1. The Bertz CT molecular complexity index is 1030. The number of allylic oxidation sites excluding steroid dienone is 1. The monoisotopic (exact) mass is 403 g/mol. The Balaban J connectivity index is 1.46. The summed E-state index contributed by atoms with van der Waals surface area (Å²) in [4.78, 5) is 0. The Kier molecular flexibility index (Phi) is 5.87. The van der Waals surface area contributed by atoms with Crippen molar-refractivity contribution in [3.05, 3.63) is 94.6 Å². The predicted octanol–water partition coefficient (Wildman–Crippen LogP) is 5.95. The van der Waals surface area contributed by atoms with E-state index in [0.29, 0.717) is 17.9 Å². The molecule has 0 spiro atoms. The van der Waals surface area contributed by atoms with Gasteiger partial charge in [-0.15, -0.1) is 0 Å². The topological polar surface area (TPSA) is 29.9 Å². The van der Waals surface area contributed by atoms with Gasteiger partial charge in [-0.1, -0.05) is 50.3 Å². The summed E-state index contributed by atoms with van der Waals surface area (Å²) in [5.41, 5.74) is 7.17. The van der Waals surface area contributed by atoms with Crippen LogP contribution >= 0.6 is 0 Å². The highest BCUT2D eigenvalue weighted by molar-refractivity contribution is 5.42. The Morgan fingerprint density at radius 3 is 2.40 bits per heavy atom. The molecule has 2 atom stereocenters. The number of hydrogen-bond donors (Lipinski definition) is 1. The second-order valence-corrected chi connectivity index (χ2v) is 8.58. The Hall–Kier alpha value is -2.72. The van der Waals surface area contributed by atoms with E-state index in [1.165, 1.54) is 29.0 Å². The SMILES string of the molecule is Cc1nn(-c2ccc(C(C)C)cc2)c(C)c1[C@@H]1C=C[C@@H](NCc2ccc(F)cc2)C1. The molecule has 0 bridgehead atoms. The number of aryl methyl sites for hydroxylation is 1. The first kappa shape index (κ1) is 20.5. The first-order chi connectivity index (χ1) is 14.4. The number of hydrogen-bond acceptors (Lipinski definition) is 2. The van der Waals surface area contributed by atoms with Crippen molar-refractivity contribution in [2.45, 2.75) is 58.5 Å². The zero-order valence-electron chi connectivity index (χ0n) is 18.2. The van der Waals surface area contributed by atoms with Gasteiger partial charge in [-0.05, 0) is 61.6 Å². The van der Waals surface area contributed by atoms with Gasteiger partial charge in [-0.2, -0.15) is 5.10 Å². The van der Waals surface area contributed by atoms with Gasteiger partial charge in [0.05, 0.1) is 11.4 Å². The van der Waals surface area contributed by atoms with Crippen molar-refractivity contribution in [3.63, 3.8) is 0 Å². The first-order valence-electron chi connectivity index (χ1n) is 10.7. The number of benzene rings is 2. The van der Waals surface area contributed by atoms with Crippen LogP contribution in [0, 0.1) is 19.7 Å². The Morgan fingerprint density at radius 2 is 1.73 bits per heavy atom. The minimum atomic E-state index is -0.193. The molecule has 1 N–H and O–H groups in total. The molecule has 4 rings (SSSR count). The molecule has 156 valence electrons. The van der Waals surface area contributed by atoms with Crippen LogP contribution in [-0.4, -0.2) is 15.8 Å². The van der Waals surface area contributed by atoms with Gasteiger partial charge in [-0.25, -0.2) is 9.07 Å². The summed E-state index contributed by atoms with van der Waals surface area (Å²) >= 11 is 0. The van der Waals surface area contributed by atoms with Crippen molar-refractivity contribution in [1.29, 1.82) is 0 Å². The minimum absolute atomic E-state index is 0.193. The van der Waals surface area contributed by atoms with E-state index in [1.54, 1.807) is 0 Å². The van der Waals surface area contributed by atoms with Crippen LogP contribution in [0.25, 0.3) is 5.69 Å². The molecule has 0 saturated heterocycles. The van der Waals surface area contributed by atoms with E-state index < -0.39 is 0 Å². The molecule has 0 fully saturated rings. The number of nitrogens with one attached hydrogen (secondary N) is 1. The van der Waals surface area contributed by atoms with Crippen LogP contribution in [0.1, 0.15) is 60.2 Å². The second kappa shape index (κ2) is 8.57. The molecule has 2 aromatic carbocycles. The lowest BCUT2D eigenvalue weighted by molar-refractivity contribution is 0.558. The van der Waals surface area contributed by atoms with Gasteiger partial charge in [0.1, 0.15) is 5.82 Å². The molecular formula is C26H30FN3. The maximum absolute atomic E-state index is 13.1. The lowest BCUT2D eigenvalue weighted by Gasteiger charge is -2.15. The highest BCUT2D eigenvalue weighted by atomic mass is 19.1. The molecule has 3 nitrogen and oxygen atoms in total. The molecule has 1 aliphatic carbocycles. The number of halogens is 1. The zero-order valence-corrected chi connectivity index (χ0v) is 18.2. The van der Waals surface area contributed by atoms with Gasteiger partial charge in [0, 0.05) is 29.8 Å². The average molecular weight is 404 g/mol. The normalized spacial score (nSPS) is 18.5. The molecule has 0 saturated carbocycles. The molecule has 30 heavy (non-hydrogen) atoms. The standard InChI is InChI=1S/C26H30FN3/c1-17(2)21-8-13-25(14-9-21)30-19(4)26(18(3)29-30)22-7-12-24(15-22)28-16-20-5-10-23(27)11-6-20/h5-14,17,22,24,28H,15-16H2,1-4H3/t22-,24-/m1/s1. The highest BCUT2D eigenvalue weighted by Crippen LogP contribution is 2.34. The van der Waals surface area contributed by atoms with Gasteiger partial charge < -0.3 is 5.32 Å². The van der Waals surface area contributed by atoms with Crippen LogP contribution in [-0.2, 0) is 6.54 Å². The molecule has 1 aromatic heterocycles. The van der Waals surface area contributed by atoms with Crippen molar-refractivity contribution in [2.24, 2.45) is 0 Å². The number of rotatable bonds is 6. The predicted molar refractivity (Wildman–Crippen MR) is 121 cm³/mol. The second-order valence-electron chi connectivity index (χ2n) is 8.58. The minimum Gasteiger partial charge on any atom is -0.306 e. The molecule has 0 unspecified atom stereocenters. The van der Waals surface area contributed by atoms with Gasteiger partial charge in [-0.3, -0.25) is 0 Å². The van der Waals surface area contributed by atoms with Crippen LogP contribution in [0.5, 0.6) is 0 Å². The summed E-state index contributed by atoms with van der Waals surface area (Å²) < 4.78 is 15.2. The van der Waals surface area contributed by atoms with E-state index in [2.05, 4.69) is 74.1 Å². The first-order valence-corrected chi connectivity index (χ1v) is 10.7. The summed E-state index contributed by atoms with van der Waals surface area (Å²) in [5, 5.41) is 8.43. The third kappa shape index (κ3) is 4.24. The highest BCUT2D eigenvalue weighted by Gasteiger charge is 2.26. The van der Waals surface area contributed by atoms with Crippen LogP contribution in [0.4, 0.5) is 4.39 Å². The zero-order chi connectivity index (χ0) is 21.3. The summed E-state index contributed by atoms with van der Waals surface area (Å²) in [6.07, 6.45) is 5.56. The van der Waals surface area contributed by atoms with Crippen molar-refractivity contribution in [2.75, 3.05) is 0 Å². The van der Waals surface area contributed by atoms with E-state index in [4.69, 9.17) is 5.10 Å². The Morgan fingerprint density at radius 1 is 1.03 bits per heavy atom. The van der Waals surface area contributed by atoms with E-state index in [-0.39, 0.29) is 5.82 Å². The lowest BCUT2D eigenvalue weighted by Crippen LogP contribution is -2.25. The van der Waals surface area contributed by atoms with Gasteiger partial charge in [0.25, 0.3) is 0 Å². The molecule has 1 aliphatic rings. The van der Waals surface area contributed by atoms with Gasteiger partial charge in [0.2, 0.25) is 0 Å². The smallest absolute Gasteiger partial charge is 0.123 e. The fourth-order valence-corrected chi connectivity index (χ4v) is 4.36. The molecule has 0 radical (unpaired) electrons. The van der Waals surface area contributed by atoms with Crippen LogP contribution in [0.2, 0.25) is 0 Å². The molecular weight excluding hydrogens is 373 g/mol. The number of aromatic nitrogens is 2. The van der Waals surface area contributed by atoms with Crippen LogP contribution < -0.4 is 5.32 Å². The largest absolute Gasteiger partial charge is 0.306 e. The third-order valence-corrected chi connectivity index (χ3v) is 6.09. The van der Waals surface area contributed by atoms with Crippen molar-refractivity contribution in [1.82, 2.24) is 15.1 Å². The van der Waals surface area contributed by atoms with Gasteiger partial charge >= 0.3 is 0 Å². The summed E-state index contributed by atoms with van der Waals surface area (Å²) in [6.45, 7) is 9.43. The van der Waals surface area contributed by atoms with Crippen LogP contribution in [0.15, 0.2) is 60.7 Å². The van der Waals surface area contributed by atoms with Crippen LogP contribution in [0.3, 0.4) is 0 Å². The molecule has 0 aliphatic heterocycles. The molecule has 4 heteroatoms. The van der Waals surface area contributed by atoms with E-state index in [0.717, 1.165) is 29.9 Å². The summed E-state index contributed by atoms with van der Waals surface area (Å²) in [7, 11) is 0. The number of nitrogens with zero attached hydrogens (tertiary/aromatic N) is 2. The van der Waals surface area contributed by atoms with Crippen molar-refractivity contribution < 1.29 is 4.39 Å². The third-order valence-electron chi connectivity index (χ3n) is 6.09. The Labute approximate surface area is 178 Å². The average Bonchev–Trinajstić information content (AvgIpc) is 3.31. The lowest BCUT2D eigenvalue weighted by atomic mass is 9.95. The van der Waals surface area contributed by atoms with Gasteiger partial charge in [0.15, 0.2) is 0 Å². The van der Waals surface area contributed by atoms with E-state index >= 15 is 0 Å². The molecule has 1 heterocycles. The summed E-state index contributed by atoms with van der Waals surface area (Å²) in [5.74, 6) is 0.693. The van der Waals surface area contributed by atoms with E-state index in [9.17, 15) is 4.39 Å². The fraction of sp³-hybridized carbons (Fsp3) is 0.346. The molecule has 0 amide bonds.